The molecule has 4 nitrogen and oxygen atoms in total. The van der Waals surface area contributed by atoms with Crippen LogP contribution in [0.2, 0.25) is 0 Å². The predicted octanol–water partition coefficient (Wildman–Crippen LogP) is 2.77. The summed E-state index contributed by atoms with van der Waals surface area (Å²) in [4.78, 5) is 4.33. The number of rotatable bonds is 6. The zero-order valence-electron chi connectivity index (χ0n) is 12.8. The minimum absolute atomic E-state index is 0.153. The number of aryl methyl sites for hydroxylation is 3. The summed E-state index contributed by atoms with van der Waals surface area (Å²) in [7, 11) is 2.01. The van der Waals surface area contributed by atoms with Crippen LogP contribution in [0.25, 0.3) is 0 Å². The molecule has 0 aromatic carbocycles. The molecule has 0 saturated heterocycles. The molecule has 2 heterocycles. The number of nitrogens with zero attached hydrogens (tertiary/aromatic N) is 3. The summed E-state index contributed by atoms with van der Waals surface area (Å²) < 4.78 is 1.98. The maximum absolute atomic E-state index is 4.56. The van der Waals surface area contributed by atoms with E-state index in [1.807, 2.05) is 24.1 Å². The molecule has 0 aliphatic rings. The first-order chi connectivity index (χ1) is 9.65. The second-order valence-electron chi connectivity index (χ2n) is 5.22. The molecule has 4 heteroatoms. The normalized spacial score (nSPS) is 12.6. The van der Waals surface area contributed by atoms with Crippen molar-refractivity contribution in [3.05, 3.63) is 47.0 Å². The SMILES string of the molecule is CCCNC(c1cncc(C)c1)c1cc(CC)nn1C. The van der Waals surface area contributed by atoms with Crippen LogP contribution in [0.15, 0.2) is 24.5 Å². The number of pyridine rings is 1. The highest BCUT2D eigenvalue weighted by Gasteiger charge is 2.18. The second kappa shape index (κ2) is 6.66. The molecule has 1 unspecified atom stereocenters. The Morgan fingerprint density at radius 2 is 2.05 bits per heavy atom. The number of hydrogen-bond donors (Lipinski definition) is 1. The molecule has 1 atom stereocenters. The van der Waals surface area contributed by atoms with Gasteiger partial charge >= 0.3 is 0 Å². The van der Waals surface area contributed by atoms with Gasteiger partial charge in [-0.15, -0.1) is 0 Å². The van der Waals surface area contributed by atoms with E-state index < -0.39 is 0 Å². The molecular weight excluding hydrogens is 248 g/mol. The molecule has 0 spiro atoms. The highest BCUT2D eigenvalue weighted by molar-refractivity contribution is 5.29. The molecule has 20 heavy (non-hydrogen) atoms. The van der Waals surface area contributed by atoms with Gasteiger partial charge in [0.25, 0.3) is 0 Å². The van der Waals surface area contributed by atoms with Crippen molar-refractivity contribution >= 4 is 0 Å². The lowest BCUT2D eigenvalue weighted by Gasteiger charge is -2.19. The lowest BCUT2D eigenvalue weighted by atomic mass is 10.0. The first-order valence-electron chi connectivity index (χ1n) is 7.33. The Balaban J connectivity index is 2.38. The summed E-state index contributed by atoms with van der Waals surface area (Å²) in [5.74, 6) is 0. The van der Waals surface area contributed by atoms with Crippen LogP contribution in [0.1, 0.15) is 48.8 Å². The lowest BCUT2D eigenvalue weighted by Crippen LogP contribution is -2.25. The van der Waals surface area contributed by atoms with Gasteiger partial charge in [0.15, 0.2) is 0 Å². The Bertz CT molecular complexity index is 559. The number of hydrogen-bond acceptors (Lipinski definition) is 3. The minimum Gasteiger partial charge on any atom is -0.305 e. The Hall–Kier alpha value is -1.68. The maximum atomic E-state index is 4.56. The summed E-state index contributed by atoms with van der Waals surface area (Å²) in [6.07, 6.45) is 5.90. The molecule has 0 amide bonds. The fourth-order valence-corrected chi connectivity index (χ4v) is 2.40. The molecule has 2 aromatic rings. The third-order valence-corrected chi connectivity index (χ3v) is 3.45. The van der Waals surface area contributed by atoms with E-state index in [9.17, 15) is 0 Å². The van der Waals surface area contributed by atoms with E-state index in [2.05, 4.69) is 48.3 Å². The quantitative estimate of drug-likeness (QED) is 0.879. The van der Waals surface area contributed by atoms with Crippen LogP contribution in [0.5, 0.6) is 0 Å². The van der Waals surface area contributed by atoms with E-state index in [-0.39, 0.29) is 6.04 Å². The lowest BCUT2D eigenvalue weighted by molar-refractivity contribution is 0.551. The summed E-state index contributed by atoms with van der Waals surface area (Å²) in [6, 6.07) is 4.54. The molecule has 0 bridgehead atoms. The molecule has 0 saturated carbocycles. The highest BCUT2D eigenvalue weighted by atomic mass is 15.3. The fourth-order valence-electron chi connectivity index (χ4n) is 2.40. The molecule has 2 aromatic heterocycles. The van der Waals surface area contributed by atoms with Gasteiger partial charge in [-0.1, -0.05) is 19.9 Å². The molecule has 0 aliphatic carbocycles. The first kappa shape index (κ1) is 14.7. The van der Waals surface area contributed by atoms with Gasteiger partial charge in [0.05, 0.1) is 17.4 Å². The molecular formula is C16H24N4. The molecule has 0 aliphatic heterocycles. The van der Waals surface area contributed by atoms with E-state index in [0.29, 0.717) is 0 Å². The van der Waals surface area contributed by atoms with Gasteiger partial charge in [-0.3, -0.25) is 9.67 Å². The summed E-state index contributed by atoms with van der Waals surface area (Å²) in [5, 5.41) is 8.17. The van der Waals surface area contributed by atoms with Gasteiger partial charge in [-0.25, -0.2) is 0 Å². The van der Waals surface area contributed by atoms with Crippen molar-refractivity contribution < 1.29 is 0 Å². The molecule has 108 valence electrons. The van der Waals surface area contributed by atoms with Crippen molar-refractivity contribution in [2.45, 2.75) is 39.7 Å². The smallest absolute Gasteiger partial charge is 0.0763 e. The average molecular weight is 272 g/mol. The monoisotopic (exact) mass is 272 g/mol. The van der Waals surface area contributed by atoms with Crippen LogP contribution >= 0.6 is 0 Å². The van der Waals surface area contributed by atoms with Crippen LogP contribution in [0.3, 0.4) is 0 Å². The van der Waals surface area contributed by atoms with Crippen molar-refractivity contribution in [3.8, 4) is 0 Å². The molecule has 2 rings (SSSR count). The summed E-state index contributed by atoms with van der Waals surface area (Å²) >= 11 is 0. The van der Waals surface area contributed by atoms with Crippen LogP contribution in [0, 0.1) is 6.92 Å². The zero-order chi connectivity index (χ0) is 14.5. The van der Waals surface area contributed by atoms with Gasteiger partial charge in [-0.05, 0) is 43.5 Å². The third kappa shape index (κ3) is 3.25. The molecule has 1 N–H and O–H groups in total. The topological polar surface area (TPSA) is 42.7 Å². The summed E-state index contributed by atoms with van der Waals surface area (Å²) in [6.45, 7) is 7.37. The third-order valence-electron chi connectivity index (χ3n) is 3.45. The molecule has 0 radical (unpaired) electrons. The van der Waals surface area contributed by atoms with Crippen molar-refractivity contribution in [1.82, 2.24) is 20.1 Å². The Labute approximate surface area is 121 Å². The van der Waals surface area contributed by atoms with Gasteiger partial charge < -0.3 is 5.32 Å². The van der Waals surface area contributed by atoms with Crippen molar-refractivity contribution in [1.29, 1.82) is 0 Å². The first-order valence-corrected chi connectivity index (χ1v) is 7.33. The van der Waals surface area contributed by atoms with Crippen LogP contribution < -0.4 is 5.32 Å². The number of nitrogens with one attached hydrogen (secondary N) is 1. The Morgan fingerprint density at radius 3 is 2.65 bits per heavy atom. The van der Waals surface area contributed by atoms with E-state index >= 15 is 0 Å². The Morgan fingerprint density at radius 1 is 1.25 bits per heavy atom. The van der Waals surface area contributed by atoms with Gasteiger partial charge in [0.2, 0.25) is 0 Å². The fraction of sp³-hybridized carbons (Fsp3) is 0.500. The van der Waals surface area contributed by atoms with Crippen LogP contribution in [-0.4, -0.2) is 21.3 Å². The molecule has 0 fully saturated rings. The van der Waals surface area contributed by atoms with Crippen molar-refractivity contribution in [3.63, 3.8) is 0 Å². The van der Waals surface area contributed by atoms with E-state index in [1.165, 1.54) is 16.8 Å². The highest BCUT2D eigenvalue weighted by Crippen LogP contribution is 2.23. The van der Waals surface area contributed by atoms with Gasteiger partial charge in [-0.2, -0.15) is 5.10 Å². The van der Waals surface area contributed by atoms with E-state index in [1.54, 1.807) is 0 Å². The van der Waals surface area contributed by atoms with Gasteiger partial charge in [0, 0.05) is 19.4 Å². The minimum atomic E-state index is 0.153. The maximum Gasteiger partial charge on any atom is 0.0763 e. The van der Waals surface area contributed by atoms with E-state index in [4.69, 9.17) is 0 Å². The Kier molecular flexibility index (Phi) is 4.90. The van der Waals surface area contributed by atoms with Gasteiger partial charge in [0.1, 0.15) is 0 Å². The number of aromatic nitrogens is 3. The van der Waals surface area contributed by atoms with Crippen LogP contribution in [-0.2, 0) is 13.5 Å². The predicted molar refractivity (Wildman–Crippen MR) is 81.7 cm³/mol. The average Bonchev–Trinajstić information content (AvgIpc) is 2.81. The standard InChI is InChI=1S/C16H24N4/c1-5-7-18-16(13-8-12(3)10-17-11-13)15-9-14(6-2)19-20(15)4/h8-11,16,18H,5-7H2,1-4H3. The van der Waals surface area contributed by atoms with Crippen molar-refractivity contribution in [2.24, 2.45) is 7.05 Å². The largest absolute Gasteiger partial charge is 0.305 e. The summed E-state index contributed by atoms with van der Waals surface area (Å²) in [5.41, 5.74) is 4.71. The van der Waals surface area contributed by atoms with Crippen LogP contribution in [0.4, 0.5) is 0 Å². The van der Waals surface area contributed by atoms with E-state index in [0.717, 1.165) is 25.1 Å². The second-order valence-corrected chi connectivity index (χ2v) is 5.22. The van der Waals surface area contributed by atoms with Crippen molar-refractivity contribution in [2.75, 3.05) is 6.54 Å². The zero-order valence-corrected chi connectivity index (χ0v) is 12.8.